The van der Waals surface area contributed by atoms with Crippen LogP contribution in [0.4, 0.5) is 8.78 Å². The molecule has 2 saturated carbocycles. The Morgan fingerprint density at radius 2 is 1.81 bits per heavy atom. The molecule has 0 radical (unpaired) electrons. The van der Waals surface area contributed by atoms with Gasteiger partial charge in [0.2, 0.25) is 9.84 Å². The number of hydrogen-bond donors (Lipinski definition) is 0. The highest BCUT2D eigenvalue weighted by Crippen LogP contribution is 2.59. The molecule has 0 N–H and O–H groups in total. The van der Waals surface area contributed by atoms with E-state index in [0.29, 0.717) is 5.41 Å². The maximum Gasteiger partial charge on any atom is 0.341 e. The summed E-state index contributed by atoms with van der Waals surface area (Å²) in [7, 11) is -2.24. The van der Waals surface area contributed by atoms with E-state index in [1.807, 2.05) is 0 Å². The van der Waals surface area contributed by atoms with Gasteiger partial charge in [0.25, 0.3) is 0 Å². The lowest BCUT2D eigenvalue weighted by Gasteiger charge is -2.33. The lowest BCUT2D eigenvalue weighted by Crippen LogP contribution is -2.36. The van der Waals surface area contributed by atoms with Crippen molar-refractivity contribution in [3.8, 4) is 0 Å². The molecule has 3 aliphatic rings. The summed E-state index contributed by atoms with van der Waals surface area (Å²) in [6, 6.07) is 6.74. The van der Waals surface area contributed by atoms with E-state index in [1.54, 1.807) is 12.1 Å². The molecule has 27 heavy (non-hydrogen) atoms. The van der Waals surface area contributed by atoms with E-state index in [-0.39, 0.29) is 4.90 Å². The number of benzene rings is 1. The van der Waals surface area contributed by atoms with Crippen molar-refractivity contribution in [2.24, 2.45) is 11.3 Å². The first kappa shape index (κ1) is 19.3. The summed E-state index contributed by atoms with van der Waals surface area (Å²) < 4.78 is 48.2. The highest BCUT2D eigenvalue weighted by Gasteiger charge is 2.55. The van der Waals surface area contributed by atoms with Gasteiger partial charge in [0.1, 0.15) is 0 Å². The molecule has 1 atom stereocenters. The van der Waals surface area contributed by atoms with Crippen molar-refractivity contribution in [1.82, 2.24) is 9.80 Å². The Bertz CT molecular complexity index is 770. The van der Waals surface area contributed by atoms with E-state index in [0.717, 1.165) is 37.2 Å². The summed E-state index contributed by atoms with van der Waals surface area (Å²) in [6.07, 6.45) is 6.54. The van der Waals surface area contributed by atoms with Gasteiger partial charge >= 0.3 is 5.76 Å². The molecule has 0 aromatic heterocycles. The highest BCUT2D eigenvalue weighted by atomic mass is 32.2. The van der Waals surface area contributed by atoms with Crippen molar-refractivity contribution in [3.63, 3.8) is 0 Å². The first-order chi connectivity index (χ1) is 12.8. The van der Waals surface area contributed by atoms with Crippen LogP contribution in [0.25, 0.3) is 0 Å². The van der Waals surface area contributed by atoms with E-state index in [2.05, 4.69) is 16.8 Å². The first-order valence-corrected chi connectivity index (χ1v) is 11.4. The third-order valence-corrected chi connectivity index (χ3v) is 8.18. The number of rotatable bonds is 7. The minimum Gasteiger partial charge on any atom is -0.303 e. The third kappa shape index (κ3) is 4.05. The van der Waals surface area contributed by atoms with Gasteiger partial charge in [-0.15, -0.1) is 0 Å². The van der Waals surface area contributed by atoms with Crippen molar-refractivity contribution in [2.45, 2.75) is 55.3 Å². The third-order valence-electron chi connectivity index (χ3n) is 6.78. The Balaban J connectivity index is 1.27. The summed E-state index contributed by atoms with van der Waals surface area (Å²) in [5.41, 5.74) is 1.52. The number of sulfone groups is 1. The second-order valence-electron chi connectivity index (χ2n) is 8.66. The van der Waals surface area contributed by atoms with Crippen LogP contribution in [-0.4, -0.2) is 56.7 Å². The largest absolute Gasteiger partial charge is 0.341 e. The molecule has 1 aromatic carbocycles. The van der Waals surface area contributed by atoms with Crippen LogP contribution in [0.1, 0.15) is 37.7 Å². The number of nitrogens with zero attached hydrogens (tertiary/aromatic N) is 2. The molecule has 1 saturated heterocycles. The van der Waals surface area contributed by atoms with Gasteiger partial charge in [0, 0.05) is 19.1 Å². The molecule has 0 amide bonds. The van der Waals surface area contributed by atoms with Crippen LogP contribution in [0, 0.1) is 11.3 Å². The smallest absolute Gasteiger partial charge is 0.303 e. The van der Waals surface area contributed by atoms with Crippen molar-refractivity contribution in [3.05, 3.63) is 29.8 Å². The van der Waals surface area contributed by atoms with Crippen molar-refractivity contribution < 1.29 is 17.2 Å². The molecule has 7 heteroatoms. The van der Waals surface area contributed by atoms with Gasteiger partial charge < -0.3 is 4.90 Å². The van der Waals surface area contributed by atoms with Gasteiger partial charge in [0.15, 0.2) is 0 Å². The summed E-state index contributed by atoms with van der Waals surface area (Å²) in [5.74, 6) is -2.52. The minimum atomic E-state index is -4.50. The SMILES string of the molecule is CN(CC1CC12CCN(Cc1ccc(S(=O)(=O)C(F)F)cc1)CC2)C1CC1. The topological polar surface area (TPSA) is 40.6 Å². The van der Waals surface area contributed by atoms with E-state index in [9.17, 15) is 17.2 Å². The summed E-state index contributed by atoms with van der Waals surface area (Å²) in [6.45, 7) is 4.10. The number of hydrogen-bond acceptors (Lipinski definition) is 4. The quantitative estimate of drug-likeness (QED) is 0.706. The Hall–Kier alpha value is -1.05. The molecule has 1 spiro atoms. The second-order valence-corrected chi connectivity index (χ2v) is 10.6. The second kappa shape index (κ2) is 7.08. The Morgan fingerprint density at radius 3 is 2.37 bits per heavy atom. The fraction of sp³-hybridized carbons (Fsp3) is 0.700. The molecule has 0 bridgehead atoms. The molecule has 2 aliphatic carbocycles. The van der Waals surface area contributed by atoms with E-state index in [4.69, 9.17) is 0 Å². The van der Waals surface area contributed by atoms with Gasteiger partial charge in [0.05, 0.1) is 4.90 Å². The van der Waals surface area contributed by atoms with E-state index in [1.165, 1.54) is 50.8 Å². The average Bonchev–Trinajstić information content (AvgIpc) is 3.55. The average molecular weight is 399 g/mol. The highest BCUT2D eigenvalue weighted by molar-refractivity contribution is 7.91. The van der Waals surface area contributed by atoms with Gasteiger partial charge in [-0.25, -0.2) is 8.42 Å². The van der Waals surface area contributed by atoms with Crippen LogP contribution < -0.4 is 0 Å². The van der Waals surface area contributed by atoms with Gasteiger partial charge in [-0.2, -0.15) is 8.78 Å². The normalized spacial score (nSPS) is 25.4. The number of halogens is 2. The van der Waals surface area contributed by atoms with Gasteiger partial charge in [-0.1, -0.05) is 12.1 Å². The van der Waals surface area contributed by atoms with Crippen LogP contribution in [0.2, 0.25) is 0 Å². The number of piperidine rings is 1. The zero-order valence-electron chi connectivity index (χ0n) is 15.8. The van der Waals surface area contributed by atoms with Gasteiger partial charge in [-0.05, 0) is 81.3 Å². The van der Waals surface area contributed by atoms with E-state index >= 15 is 0 Å². The summed E-state index contributed by atoms with van der Waals surface area (Å²) in [5, 5.41) is 0. The standard InChI is InChI=1S/C20H28F2N2O2S/c1-23(17-4-5-17)14-16-12-20(16)8-10-24(11-9-20)13-15-2-6-18(7-3-15)27(25,26)19(21)22/h2-3,6-7,16-17,19H,4-5,8-14H2,1H3. The predicted octanol–water partition coefficient (Wildman–Crippen LogP) is 3.38. The van der Waals surface area contributed by atoms with Gasteiger partial charge in [-0.3, -0.25) is 4.90 Å². The molecular weight excluding hydrogens is 370 g/mol. The zero-order valence-corrected chi connectivity index (χ0v) is 16.6. The molecule has 4 rings (SSSR count). The van der Waals surface area contributed by atoms with Crippen molar-refractivity contribution in [2.75, 3.05) is 26.7 Å². The fourth-order valence-corrected chi connectivity index (χ4v) is 5.34. The molecule has 1 aliphatic heterocycles. The first-order valence-electron chi connectivity index (χ1n) is 9.84. The lowest BCUT2D eigenvalue weighted by atomic mass is 9.90. The maximum absolute atomic E-state index is 12.6. The Morgan fingerprint density at radius 1 is 1.19 bits per heavy atom. The zero-order chi connectivity index (χ0) is 19.2. The molecule has 1 unspecified atom stereocenters. The van der Waals surface area contributed by atoms with Crippen LogP contribution in [-0.2, 0) is 16.4 Å². The van der Waals surface area contributed by atoms with Crippen LogP contribution in [0.5, 0.6) is 0 Å². The van der Waals surface area contributed by atoms with Crippen LogP contribution in [0.3, 0.4) is 0 Å². The predicted molar refractivity (Wildman–Crippen MR) is 100 cm³/mol. The molecule has 1 heterocycles. The Labute approximate surface area is 160 Å². The summed E-state index contributed by atoms with van der Waals surface area (Å²) >= 11 is 0. The van der Waals surface area contributed by atoms with Crippen molar-refractivity contribution in [1.29, 1.82) is 0 Å². The molecular formula is C20H28F2N2O2S. The number of likely N-dealkylation sites (tertiary alicyclic amines) is 1. The lowest BCUT2D eigenvalue weighted by molar-refractivity contribution is 0.149. The molecule has 150 valence electrons. The fourth-order valence-electron chi connectivity index (χ4n) is 4.62. The molecule has 1 aromatic rings. The van der Waals surface area contributed by atoms with Crippen LogP contribution in [0.15, 0.2) is 29.2 Å². The number of alkyl halides is 2. The molecule has 4 nitrogen and oxygen atoms in total. The van der Waals surface area contributed by atoms with E-state index < -0.39 is 15.6 Å². The monoisotopic (exact) mass is 398 g/mol. The summed E-state index contributed by atoms with van der Waals surface area (Å²) in [4.78, 5) is 4.63. The van der Waals surface area contributed by atoms with Crippen LogP contribution >= 0.6 is 0 Å². The maximum atomic E-state index is 12.6. The minimum absolute atomic E-state index is 0.306. The van der Waals surface area contributed by atoms with Crippen molar-refractivity contribution >= 4 is 9.84 Å². The molecule has 3 fully saturated rings. The Kier molecular flexibility index (Phi) is 5.06.